The predicted octanol–water partition coefficient (Wildman–Crippen LogP) is 3.46. The van der Waals surface area contributed by atoms with Crippen molar-refractivity contribution in [1.29, 1.82) is 0 Å². The fourth-order valence-electron chi connectivity index (χ4n) is 2.75. The molecule has 11 heteroatoms. The lowest BCUT2D eigenvalue weighted by Gasteiger charge is -2.26. The van der Waals surface area contributed by atoms with Crippen molar-refractivity contribution in [1.82, 2.24) is 19.9 Å². The Morgan fingerprint density at radius 1 is 1.23 bits per heavy atom. The number of alkyl halides is 3. The van der Waals surface area contributed by atoms with E-state index in [0.29, 0.717) is 0 Å². The van der Waals surface area contributed by atoms with Gasteiger partial charge in [-0.15, -0.1) is 5.10 Å². The number of carbonyl (C=O) groups is 1. The molecule has 0 atom stereocenters. The number of aliphatic carboxylic acids is 1. The molecule has 1 saturated heterocycles. The third-order valence-electron chi connectivity index (χ3n) is 4.24. The number of morpholine rings is 1. The van der Waals surface area contributed by atoms with Crippen LogP contribution < -0.4 is 0 Å². The summed E-state index contributed by atoms with van der Waals surface area (Å²) in [4.78, 5) is 11.3. The Morgan fingerprint density at radius 3 is 2.60 bits per heavy atom. The molecule has 1 N–H and O–H groups in total. The van der Waals surface area contributed by atoms with E-state index in [-0.39, 0.29) is 0 Å². The third-order valence-corrected chi connectivity index (χ3v) is 4.92. The molecule has 30 heavy (non-hydrogen) atoms. The Morgan fingerprint density at radius 2 is 1.97 bits per heavy atom. The highest BCUT2D eigenvalue weighted by atomic mass is 32.1. The molecule has 1 fully saturated rings. The van der Waals surface area contributed by atoms with Gasteiger partial charge in [0.05, 0.1) is 25.1 Å². The summed E-state index contributed by atoms with van der Waals surface area (Å²) >= 11 is 1.67. The van der Waals surface area contributed by atoms with Gasteiger partial charge < -0.3 is 9.84 Å². The van der Waals surface area contributed by atoms with Crippen LogP contribution in [0.5, 0.6) is 0 Å². The minimum atomic E-state index is -5.08. The van der Waals surface area contributed by atoms with E-state index in [0.717, 1.165) is 49.8 Å². The van der Waals surface area contributed by atoms with Crippen molar-refractivity contribution in [3.8, 4) is 16.9 Å². The minimum absolute atomic E-state index is 0.826. The maximum atomic E-state index is 10.6. The van der Waals surface area contributed by atoms with Crippen molar-refractivity contribution in [3.05, 3.63) is 52.9 Å². The molecule has 2 aromatic heterocycles. The number of benzene rings is 1. The lowest BCUT2D eigenvalue weighted by molar-refractivity contribution is -0.192. The Kier molecular flexibility index (Phi) is 7.19. The second-order valence-electron chi connectivity index (χ2n) is 6.42. The largest absolute Gasteiger partial charge is 0.490 e. The Labute approximate surface area is 174 Å². The normalized spacial score (nSPS) is 14.8. The number of halogens is 3. The molecule has 0 amide bonds. The van der Waals surface area contributed by atoms with Crippen LogP contribution in [0.25, 0.3) is 16.9 Å². The number of ether oxygens (including phenoxy) is 1. The lowest BCUT2D eigenvalue weighted by Crippen LogP contribution is -2.35. The van der Waals surface area contributed by atoms with Gasteiger partial charge in [-0.25, -0.2) is 9.48 Å². The van der Waals surface area contributed by atoms with Crippen LogP contribution in [0, 0.1) is 0 Å². The van der Waals surface area contributed by atoms with E-state index >= 15 is 0 Å². The van der Waals surface area contributed by atoms with Crippen molar-refractivity contribution >= 4 is 17.3 Å². The summed E-state index contributed by atoms with van der Waals surface area (Å²) in [5.74, 6) is -2.76. The number of thiophene rings is 1. The molecule has 160 valence electrons. The van der Waals surface area contributed by atoms with E-state index in [1.807, 2.05) is 10.9 Å². The van der Waals surface area contributed by atoms with Crippen LogP contribution in [0.1, 0.15) is 5.56 Å². The van der Waals surface area contributed by atoms with Crippen LogP contribution in [0.4, 0.5) is 13.2 Å². The molecule has 1 aromatic carbocycles. The van der Waals surface area contributed by atoms with E-state index in [2.05, 4.69) is 56.3 Å². The summed E-state index contributed by atoms with van der Waals surface area (Å²) in [7, 11) is 0. The van der Waals surface area contributed by atoms with Crippen LogP contribution in [-0.4, -0.2) is 63.4 Å². The van der Waals surface area contributed by atoms with Crippen molar-refractivity contribution < 1.29 is 27.8 Å². The standard InChI is InChI=1S/C17H18N4OS.C2HF3O2/c1-2-14(11-20-5-7-22-8-6-20)10-16(3-1)21-12-17(18-19-21)15-4-9-23-13-15;3-2(4,5)1(6)7/h1-4,9-10,12-13H,5-8,11H2;(H,6,7). The van der Waals surface area contributed by atoms with Gasteiger partial charge in [-0.2, -0.15) is 24.5 Å². The zero-order valence-corrected chi connectivity index (χ0v) is 16.6. The van der Waals surface area contributed by atoms with Crippen molar-refractivity contribution in [2.45, 2.75) is 12.7 Å². The summed E-state index contributed by atoms with van der Waals surface area (Å²) in [6, 6.07) is 10.6. The average molecular weight is 440 g/mol. The molecule has 0 unspecified atom stereocenters. The molecule has 0 saturated carbocycles. The number of carboxylic acids is 1. The number of nitrogens with zero attached hydrogens (tertiary/aromatic N) is 4. The van der Waals surface area contributed by atoms with Crippen molar-refractivity contribution in [3.63, 3.8) is 0 Å². The summed E-state index contributed by atoms with van der Waals surface area (Å²) in [6.07, 6.45) is -3.10. The number of rotatable bonds is 4. The zero-order chi connectivity index (χ0) is 21.6. The van der Waals surface area contributed by atoms with Gasteiger partial charge in [0.1, 0.15) is 5.69 Å². The first-order chi connectivity index (χ1) is 14.3. The summed E-state index contributed by atoms with van der Waals surface area (Å²) in [5, 5.41) is 19.8. The molecule has 1 aliphatic rings. The molecular formula is C19H19F3N4O3S. The highest BCUT2D eigenvalue weighted by Crippen LogP contribution is 2.21. The van der Waals surface area contributed by atoms with Crippen LogP contribution in [0.2, 0.25) is 0 Å². The number of hydrogen-bond donors (Lipinski definition) is 1. The Balaban J connectivity index is 0.000000318. The monoisotopic (exact) mass is 440 g/mol. The first kappa shape index (κ1) is 21.9. The van der Waals surface area contributed by atoms with Crippen LogP contribution in [-0.2, 0) is 16.1 Å². The topological polar surface area (TPSA) is 80.5 Å². The molecular weight excluding hydrogens is 421 g/mol. The highest BCUT2D eigenvalue weighted by Gasteiger charge is 2.38. The third kappa shape index (κ3) is 6.12. The number of carboxylic acid groups (broad SMARTS) is 1. The molecule has 7 nitrogen and oxygen atoms in total. The van der Waals surface area contributed by atoms with Crippen molar-refractivity contribution in [2.75, 3.05) is 26.3 Å². The summed E-state index contributed by atoms with van der Waals surface area (Å²) in [6.45, 7) is 4.59. The molecule has 0 spiro atoms. The predicted molar refractivity (Wildman–Crippen MR) is 104 cm³/mol. The van der Waals surface area contributed by atoms with E-state index in [1.54, 1.807) is 11.3 Å². The van der Waals surface area contributed by atoms with E-state index in [1.165, 1.54) is 5.56 Å². The van der Waals surface area contributed by atoms with Crippen LogP contribution >= 0.6 is 11.3 Å². The number of hydrogen-bond acceptors (Lipinski definition) is 6. The fourth-order valence-corrected chi connectivity index (χ4v) is 3.40. The molecule has 1 aliphatic heterocycles. The molecule has 0 bridgehead atoms. The first-order valence-electron chi connectivity index (χ1n) is 8.97. The molecule has 0 radical (unpaired) electrons. The van der Waals surface area contributed by atoms with Gasteiger partial charge >= 0.3 is 12.1 Å². The second-order valence-corrected chi connectivity index (χ2v) is 7.20. The van der Waals surface area contributed by atoms with Gasteiger partial charge in [0, 0.05) is 30.6 Å². The van der Waals surface area contributed by atoms with Gasteiger partial charge in [0.2, 0.25) is 0 Å². The van der Waals surface area contributed by atoms with E-state index in [4.69, 9.17) is 14.6 Å². The van der Waals surface area contributed by atoms with E-state index in [9.17, 15) is 13.2 Å². The summed E-state index contributed by atoms with van der Waals surface area (Å²) < 4.78 is 39.0. The van der Waals surface area contributed by atoms with Gasteiger partial charge in [-0.05, 0) is 29.1 Å². The highest BCUT2D eigenvalue weighted by molar-refractivity contribution is 7.08. The Bertz CT molecular complexity index is 954. The molecule has 0 aliphatic carbocycles. The lowest BCUT2D eigenvalue weighted by atomic mass is 10.2. The summed E-state index contributed by atoms with van der Waals surface area (Å²) in [5.41, 5.74) is 4.36. The second kappa shape index (κ2) is 9.83. The average Bonchev–Trinajstić information content (AvgIpc) is 3.41. The van der Waals surface area contributed by atoms with Gasteiger partial charge in [0.25, 0.3) is 0 Å². The maximum Gasteiger partial charge on any atom is 0.490 e. The van der Waals surface area contributed by atoms with E-state index < -0.39 is 12.1 Å². The quantitative estimate of drug-likeness (QED) is 0.669. The van der Waals surface area contributed by atoms with Gasteiger partial charge in [0.15, 0.2) is 0 Å². The van der Waals surface area contributed by atoms with Crippen LogP contribution in [0.3, 0.4) is 0 Å². The van der Waals surface area contributed by atoms with Gasteiger partial charge in [-0.3, -0.25) is 4.90 Å². The zero-order valence-electron chi connectivity index (χ0n) is 15.7. The first-order valence-corrected chi connectivity index (χ1v) is 9.91. The van der Waals surface area contributed by atoms with Crippen LogP contribution in [0.15, 0.2) is 47.3 Å². The molecule has 4 rings (SSSR count). The maximum absolute atomic E-state index is 10.6. The molecule has 3 heterocycles. The molecule has 3 aromatic rings. The number of aromatic nitrogens is 3. The fraction of sp³-hybridized carbons (Fsp3) is 0.316. The minimum Gasteiger partial charge on any atom is -0.475 e. The smallest absolute Gasteiger partial charge is 0.475 e. The SMILES string of the molecule is O=C(O)C(F)(F)F.c1cc(CN2CCOCC2)cc(-n2cc(-c3ccsc3)nn2)c1. The Hall–Kier alpha value is -2.76. The van der Waals surface area contributed by atoms with Gasteiger partial charge in [-0.1, -0.05) is 17.3 Å². The van der Waals surface area contributed by atoms with Crippen molar-refractivity contribution in [2.24, 2.45) is 0 Å².